The van der Waals surface area contributed by atoms with E-state index in [1.54, 1.807) is 12.3 Å². The van der Waals surface area contributed by atoms with Crippen LogP contribution >= 0.6 is 0 Å². The summed E-state index contributed by atoms with van der Waals surface area (Å²) in [5.41, 5.74) is 7.69. The number of aromatic nitrogens is 1. The molecule has 4 rings (SSSR count). The van der Waals surface area contributed by atoms with Crippen LogP contribution in [0.15, 0.2) is 79.0 Å². The minimum atomic E-state index is -0.805. The molecule has 0 saturated heterocycles. The van der Waals surface area contributed by atoms with Gasteiger partial charge in [0, 0.05) is 18.0 Å². The maximum absolute atomic E-state index is 12.8. The number of para-hydroxylation sites is 1. The Morgan fingerprint density at radius 1 is 0.929 bits per heavy atom. The monoisotopic (exact) mass is 369 g/mol. The molecule has 4 aromatic rings. The highest BCUT2D eigenvalue weighted by molar-refractivity contribution is 6.07. The number of carbonyl (C=O) groups excluding carboxylic acids is 2. The van der Waals surface area contributed by atoms with E-state index in [0.29, 0.717) is 12.0 Å². The van der Waals surface area contributed by atoms with Crippen LogP contribution in [0.4, 0.5) is 0 Å². The summed E-state index contributed by atoms with van der Waals surface area (Å²) in [6.45, 7) is 0. The van der Waals surface area contributed by atoms with Crippen LogP contribution in [0.2, 0.25) is 0 Å². The Kier molecular flexibility index (Phi) is 4.72. The van der Waals surface area contributed by atoms with Gasteiger partial charge < -0.3 is 11.1 Å². The minimum absolute atomic E-state index is 0.328. The number of primary amides is 1. The molecule has 0 bridgehead atoms. The van der Waals surface area contributed by atoms with Gasteiger partial charge in [-0.05, 0) is 28.5 Å². The number of amides is 2. The summed E-state index contributed by atoms with van der Waals surface area (Å²) >= 11 is 0. The predicted molar refractivity (Wildman–Crippen MR) is 110 cm³/mol. The molecule has 0 saturated carbocycles. The number of hydrogen-bond acceptors (Lipinski definition) is 3. The van der Waals surface area contributed by atoms with E-state index in [0.717, 1.165) is 27.2 Å². The normalized spacial score (nSPS) is 12.0. The van der Waals surface area contributed by atoms with Crippen LogP contribution in [0, 0.1) is 0 Å². The molecule has 0 radical (unpaired) electrons. The maximum Gasteiger partial charge on any atom is 0.252 e. The van der Waals surface area contributed by atoms with Crippen LogP contribution in [0.25, 0.3) is 21.7 Å². The van der Waals surface area contributed by atoms with E-state index < -0.39 is 11.9 Å². The smallest absolute Gasteiger partial charge is 0.252 e. The average molecular weight is 369 g/mol. The van der Waals surface area contributed by atoms with Crippen molar-refractivity contribution < 1.29 is 9.59 Å². The molecule has 0 aliphatic rings. The maximum atomic E-state index is 12.8. The molecule has 0 aliphatic carbocycles. The van der Waals surface area contributed by atoms with Crippen LogP contribution in [0.3, 0.4) is 0 Å². The van der Waals surface area contributed by atoms with Crippen molar-refractivity contribution in [2.45, 2.75) is 12.5 Å². The third-order valence-electron chi connectivity index (χ3n) is 4.80. The van der Waals surface area contributed by atoms with Crippen LogP contribution in [0.1, 0.15) is 15.9 Å². The molecule has 3 aromatic carbocycles. The fourth-order valence-electron chi connectivity index (χ4n) is 3.35. The van der Waals surface area contributed by atoms with E-state index in [1.165, 1.54) is 0 Å². The lowest BCUT2D eigenvalue weighted by Gasteiger charge is -2.16. The van der Waals surface area contributed by atoms with Crippen LogP contribution in [-0.2, 0) is 11.2 Å². The predicted octanol–water partition coefficient (Wildman–Crippen LogP) is 3.21. The molecule has 5 heteroatoms. The largest absolute Gasteiger partial charge is 0.368 e. The first kappa shape index (κ1) is 17.7. The third kappa shape index (κ3) is 3.55. The molecule has 1 heterocycles. The molecule has 0 fully saturated rings. The fourth-order valence-corrected chi connectivity index (χ4v) is 3.35. The number of rotatable bonds is 5. The summed E-state index contributed by atoms with van der Waals surface area (Å²) in [4.78, 5) is 29.1. The summed E-state index contributed by atoms with van der Waals surface area (Å²) in [5.74, 6) is -0.914. The van der Waals surface area contributed by atoms with Crippen LogP contribution in [-0.4, -0.2) is 22.8 Å². The molecule has 5 nitrogen and oxygen atoms in total. The van der Waals surface area contributed by atoms with E-state index in [2.05, 4.69) is 10.3 Å². The van der Waals surface area contributed by atoms with Gasteiger partial charge >= 0.3 is 0 Å². The van der Waals surface area contributed by atoms with Crippen molar-refractivity contribution in [2.24, 2.45) is 5.73 Å². The van der Waals surface area contributed by atoms with Gasteiger partial charge in [0.25, 0.3) is 5.91 Å². The Labute approximate surface area is 162 Å². The van der Waals surface area contributed by atoms with Gasteiger partial charge in [-0.2, -0.15) is 0 Å². The highest BCUT2D eigenvalue weighted by Gasteiger charge is 2.21. The molecule has 3 N–H and O–H groups in total. The first-order valence-corrected chi connectivity index (χ1v) is 9.03. The van der Waals surface area contributed by atoms with Crippen molar-refractivity contribution in [3.63, 3.8) is 0 Å². The second-order valence-electron chi connectivity index (χ2n) is 6.69. The number of pyridine rings is 1. The van der Waals surface area contributed by atoms with E-state index >= 15 is 0 Å². The van der Waals surface area contributed by atoms with Crippen LogP contribution in [0.5, 0.6) is 0 Å². The Balaban J connectivity index is 1.59. The fraction of sp³-hybridized carbons (Fsp3) is 0.0870. The third-order valence-corrected chi connectivity index (χ3v) is 4.80. The summed E-state index contributed by atoms with van der Waals surface area (Å²) in [7, 11) is 0. The first-order valence-electron chi connectivity index (χ1n) is 9.03. The number of nitrogens with two attached hydrogens (primary N) is 1. The van der Waals surface area contributed by atoms with Gasteiger partial charge in [0.1, 0.15) is 6.04 Å². The van der Waals surface area contributed by atoms with Gasteiger partial charge in [-0.25, -0.2) is 0 Å². The zero-order valence-corrected chi connectivity index (χ0v) is 15.1. The van der Waals surface area contributed by atoms with E-state index in [4.69, 9.17) is 5.73 Å². The van der Waals surface area contributed by atoms with Gasteiger partial charge in [0.2, 0.25) is 5.91 Å². The summed E-state index contributed by atoms with van der Waals surface area (Å²) < 4.78 is 0. The van der Waals surface area contributed by atoms with Crippen molar-refractivity contribution in [1.82, 2.24) is 10.3 Å². The molecule has 0 aliphatic heterocycles. The number of fused-ring (bicyclic) bond motifs is 2. The average Bonchev–Trinajstić information content (AvgIpc) is 2.72. The molecular weight excluding hydrogens is 350 g/mol. The van der Waals surface area contributed by atoms with Gasteiger partial charge in [0.15, 0.2) is 0 Å². The molecule has 0 spiro atoms. The van der Waals surface area contributed by atoms with Crippen LogP contribution < -0.4 is 11.1 Å². The Morgan fingerprint density at radius 2 is 1.68 bits per heavy atom. The first-order chi connectivity index (χ1) is 13.6. The minimum Gasteiger partial charge on any atom is -0.368 e. The number of hydrogen-bond donors (Lipinski definition) is 2. The molecule has 138 valence electrons. The Bertz CT molecular complexity index is 1180. The van der Waals surface area contributed by atoms with Gasteiger partial charge in [0.05, 0.1) is 11.1 Å². The zero-order chi connectivity index (χ0) is 19.5. The number of nitrogens with one attached hydrogen (secondary N) is 1. The Hall–Kier alpha value is -3.73. The lowest BCUT2D eigenvalue weighted by Crippen LogP contribution is -2.45. The second kappa shape index (κ2) is 7.48. The highest BCUT2D eigenvalue weighted by atomic mass is 16.2. The van der Waals surface area contributed by atoms with Crippen molar-refractivity contribution in [3.05, 3.63) is 90.1 Å². The summed E-state index contributed by atoms with van der Waals surface area (Å²) in [6.07, 6.45) is 1.91. The molecule has 28 heavy (non-hydrogen) atoms. The van der Waals surface area contributed by atoms with E-state index in [9.17, 15) is 9.59 Å². The SMILES string of the molecule is NC(=O)[C@H](Cc1ccc2ccccc2c1)NC(=O)c1ccnc2ccccc12. The molecular formula is C23H19N3O2. The molecule has 1 atom stereocenters. The standard InChI is InChI=1S/C23H19N3O2/c24-22(27)21(14-15-9-10-16-5-1-2-6-17(16)13-15)26-23(28)19-11-12-25-20-8-4-3-7-18(19)20/h1-13,21H,14H2,(H2,24,27)(H,26,28)/t21-/m0/s1. The molecule has 2 amide bonds. The second-order valence-corrected chi connectivity index (χ2v) is 6.69. The number of carbonyl (C=O) groups is 2. The van der Waals surface area contributed by atoms with Gasteiger partial charge in [-0.3, -0.25) is 14.6 Å². The lowest BCUT2D eigenvalue weighted by atomic mass is 10.0. The van der Waals surface area contributed by atoms with Crippen molar-refractivity contribution in [2.75, 3.05) is 0 Å². The van der Waals surface area contributed by atoms with E-state index in [-0.39, 0.29) is 5.91 Å². The van der Waals surface area contributed by atoms with Crippen molar-refractivity contribution in [1.29, 1.82) is 0 Å². The van der Waals surface area contributed by atoms with Crippen molar-refractivity contribution >= 4 is 33.5 Å². The topological polar surface area (TPSA) is 85.1 Å². The quantitative estimate of drug-likeness (QED) is 0.566. The van der Waals surface area contributed by atoms with E-state index in [1.807, 2.05) is 66.7 Å². The Morgan fingerprint density at radius 3 is 2.50 bits per heavy atom. The zero-order valence-electron chi connectivity index (χ0n) is 15.1. The summed E-state index contributed by atoms with van der Waals surface area (Å²) in [5, 5.41) is 5.71. The summed E-state index contributed by atoms with van der Waals surface area (Å²) in [6, 6.07) is 22.2. The highest BCUT2D eigenvalue weighted by Crippen LogP contribution is 2.18. The van der Waals surface area contributed by atoms with Crippen molar-refractivity contribution in [3.8, 4) is 0 Å². The lowest BCUT2D eigenvalue weighted by molar-refractivity contribution is -0.119. The van der Waals surface area contributed by atoms with Gasteiger partial charge in [-0.1, -0.05) is 60.7 Å². The molecule has 0 unspecified atom stereocenters. The number of nitrogens with zero attached hydrogens (tertiary/aromatic N) is 1. The van der Waals surface area contributed by atoms with Gasteiger partial charge in [-0.15, -0.1) is 0 Å². The molecule has 1 aromatic heterocycles. The number of benzene rings is 3.